The van der Waals surface area contributed by atoms with Gasteiger partial charge in [0.1, 0.15) is 0 Å². The normalized spacial score (nSPS) is 18.1. The number of carbonyl (C=O) groups excluding carboxylic acids is 1. The standard InChI is InChI=1S/C14H21N5O3/c1-10-7-12(19(21)22)13(17-8-10)18-6-2-3-11(9-18)14(20)16-5-4-15/h7-8,11H,2-6,9,15H2,1H3,(H,16,20). The van der Waals surface area contributed by atoms with Crippen molar-refractivity contribution in [3.8, 4) is 0 Å². The van der Waals surface area contributed by atoms with Gasteiger partial charge < -0.3 is 16.0 Å². The van der Waals surface area contributed by atoms with E-state index >= 15 is 0 Å². The minimum atomic E-state index is -0.423. The third-order valence-corrected chi connectivity index (χ3v) is 3.72. The third kappa shape index (κ3) is 3.70. The van der Waals surface area contributed by atoms with E-state index in [0.717, 1.165) is 18.4 Å². The summed E-state index contributed by atoms with van der Waals surface area (Å²) in [4.78, 5) is 28.9. The molecule has 1 fully saturated rings. The Morgan fingerprint density at radius 1 is 1.64 bits per heavy atom. The number of rotatable bonds is 5. The maximum atomic E-state index is 12.1. The highest BCUT2D eigenvalue weighted by atomic mass is 16.6. The van der Waals surface area contributed by atoms with Gasteiger partial charge in [-0.3, -0.25) is 14.9 Å². The van der Waals surface area contributed by atoms with Gasteiger partial charge in [-0.1, -0.05) is 0 Å². The third-order valence-electron chi connectivity index (χ3n) is 3.72. The van der Waals surface area contributed by atoms with E-state index in [-0.39, 0.29) is 17.5 Å². The van der Waals surface area contributed by atoms with Gasteiger partial charge in [-0.15, -0.1) is 0 Å². The summed E-state index contributed by atoms with van der Waals surface area (Å²) >= 11 is 0. The molecule has 8 heteroatoms. The number of hydrogen-bond donors (Lipinski definition) is 2. The molecule has 0 aliphatic carbocycles. The van der Waals surface area contributed by atoms with Crippen LogP contribution in [-0.2, 0) is 4.79 Å². The highest BCUT2D eigenvalue weighted by Crippen LogP contribution is 2.30. The molecule has 1 aromatic heterocycles. The van der Waals surface area contributed by atoms with Gasteiger partial charge in [0.2, 0.25) is 11.7 Å². The Hall–Kier alpha value is -2.22. The van der Waals surface area contributed by atoms with Crippen LogP contribution in [-0.4, -0.2) is 42.0 Å². The van der Waals surface area contributed by atoms with Gasteiger partial charge in [0, 0.05) is 38.4 Å². The number of nitrogens with one attached hydrogen (secondary N) is 1. The first kappa shape index (κ1) is 16.2. The molecule has 8 nitrogen and oxygen atoms in total. The Kier molecular flexibility index (Phi) is 5.26. The maximum absolute atomic E-state index is 12.1. The molecule has 22 heavy (non-hydrogen) atoms. The van der Waals surface area contributed by atoms with Crippen LogP contribution in [0.15, 0.2) is 12.3 Å². The van der Waals surface area contributed by atoms with Crippen LogP contribution in [0.4, 0.5) is 11.5 Å². The average molecular weight is 307 g/mol. The summed E-state index contributed by atoms with van der Waals surface area (Å²) in [6.07, 6.45) is 3.18. The van der Waals surface area contributed by atoms with Crippen LogP contribution in [0.5, 0.6) is 0 Å². The molecule has 1 atom stereocenters. The highest BCUT2D eigenvalue weighted by molar-refractivity contribution is 5.79. The first-order valence-electron chi connectivity index (χ1n) is 7.36. The van der Waals surface area contributed by atoms with E-state index < -0.39 is 4.92 Å². The molecular formula is C14H21N5O3. The van der Waals surface area contributed by atoms with E-state index in [2.05, 4.69) is 10.3 Å². The molecule has 1 aliphatic heterocycles. The summed E-state index contributed by atoms with van der Waals surface area (Å²) < 4.78 is 0. The smallest absolute Gasteiger partial charge is 0.311 e. The lowest BCUT2D eigenvalue weighted by Crippen LogP contribution is -2.44. The largest absolute Gasteiger partial charge is 0.355 e. The van der Waals surface area contributed by atoms with Crippen LogP contribution in [0.3, 0.4) is 0 Å². The monoisotopic (exact) mass is 307 g/mol. The fourth-order valence-electron chi connectivity index (χ4n) is 2.65. The van der Waals surface area contributed by atoms with Crippen LogP contribution >= 0.6 is 0 Å². The van der Waals surface area contributed by atoms with E-state index in [1.54, 1.807) is 13.1 Å². The van der Waals surface area contributed by atoms with Gasteiger partial charge in [0.15, 0.2) is 0 Å². The molecule has 1 aliphatic rings. The Morgan fingerprint density at radius 3 is 3.09 bits per heavy atom. The molecule has 1 saturated heterocycles. The van der Waals surface area contributed by atoms with Crippen molar-refractivity contribution in [1.29, 1.82) is 0 Å². The molecule has 0 aromatic carbocycles. The fraction of sp³-hybridized carbons (Fsp3) is 0.571. The van der Waals surface area contributed by atoms with Crippen molar-refractivity contribution < 1.29 is 9.72 Å². The summed E-state index contributed by atoms with van der Waals surface area (Å²) in [5.74, 6) is 0.0971. The Bertz CT molecular complexity index is 563. The van der Waals surface area contributed by atoms with Crippen molar-refractivity contribution in [2.75, 3.05) is 31.1 Å². The number of aromatic nitrogens is 1. The summed E-state index contributed by atoms with van der Waals surface area (Å²) in [6.45, 7) is 3.71. The van der Waals surface area contributed by atoms with Gasteiger partial charge >= 0.3 is 5.69 Å². The fourth-order valence-corrected chi connectivity index (χ4v) is 2.65. The number of nitro groups is 1. The minimum absolute atomic E-state index is 0.0111. The zero-order valence-corrected chi connectivity index (χ0v) is 12.6. The number of nitrogens with two attached hydrogens (primary N) is 1. The molecular weight excluding hydrogens is 286 g/mol. The number of amides is 1. The topological polar surface area (TPSA) is 114 Å². The number of carbonyl (C=O) groups is 1. The second-order valence-corrected chi connectivity index (χ2v) is 5.48. The Morgan fingerprint density at radius 2 is 2.41 bits per heavy atom. The summed E-state index contributed by atoms with van der Waals surface area (Å²) in [5.41, 5.74) is 6.11. The lowest BCUT2D eigenvalue weighted by molar-refractivity contribution is -0.384. The van der Waals surface area contributed by atoms with E-state index in [1.807, 2.05) is 4.90 Å². The summed E-state index contributed by atoms with van der Waals surface area (Å²) in [5, 5.41) is 14.0. The van der Waals surface area contributed by atoms with Crippen LogP contribution in [0.25, 0.3) is 0 Å². The van der Waals surface area contributed by atoms with E-state index in [9.17, 15) is 14.9 Å². The van der Waals surface area contributed by atoms with Crippen LogP contribution < -0.4 is 16.0 Å². The molecule has 0 spiro atoms. The number of nitrogens with zero attached hydrogens (tertiary/aromatic N) is 3. The van der Waals surface area contributed by atoms with Crippen molar-refractivity contribution in [3.63, 3.8) is 0 Å². The highest BCUT2D eigenvalue weighted by Gasteiger charge is 2.30. The summed E-state index contributed by atoms with van der Waals surface area (Å²) in [6, 6.07) is 1.51. The quantitative estimate of drug-likeness (QED) is 0.608. The lowest BCUT2D eigenvalue weighted by Gasteiger charge is -2.32. The zero-order chi connectivity index (χ0) is 16.1. The van der Waals surface area contributed by atoms with Gasteiger partial charge in [-0.25, -0.2) is 4.98 Å². The Balaban J connectivity index is 2.16. The second-order valence-electron chi connectivity index (χ2n) is 5.48. The van der Waals surface area contributed by atoms with Crippen LogP contribution in [0.1, 0.15) is 18.4 Å². The first-order valence-corrected chi connectivity index (χ1v) is 7.36. The van der Waals surface area contributed by atoms with Crippen molar-refractivity contribution in [2.45, 2.75) is 19.8 Å². The van der Waals surface area contributed by atoms with Crippen molar-refractivity contribution in [3.05, 3.63) is 27.9 Å². The molecule has 1 aromatic rings. The van der Waals surface area contributed by atoms with E-state index in [1.165, 1.54) is 6.07 Å². The van der Waals surface area contributed by atoms with Gasteiger partial charge in [0.25, 0.3) is 0 Å². The zero-order valence-electron chi connectivity index (χ0n) is 12.6. The maximum Gasteiger partial charge on any atom is 0.311 e. The number of pyridine rings is 1. The minimum Gasteiger partial charge on any atom is -0.355 e. The predicted octanol–water partition coefficient (Wildman–Crippen LogP) is 0.590. The van der Waals surface area contributed by atoms with Gasteiger partial charge in [-0.2, -0.15) is 0 Å². The Labute approximate surface area is 128 Å². The number of anilines is 1. The molecule has 0 radical (unpaired) electrons. The number of hydrogen-bond acceptors (Lipinski definition) is 6. The number of piperidine rings is 1. The molecule has 2 heterocycles. The van der Waals surface area contributed by atoms with Crippen molar-refractivity contribution >= 4 is 17.4 Å². The number of aryl methyl sites for hydroxylation is 1. The molecule has 2 rings (SSSR count). The van der Waals surface area contributed by atoms with Crippen molar-refractivity contribution in [2.24, 2.45) is 11.7 Å². The van der Waals surface area contributed by atoms with Gasteiger partial charge in [-0.05, 0) is 25.3 Å². The van der Waals surface area contributed by atoms with Crippen molar-refractivity contribution in [1.82, 2.24) is 10.3 Å². The SMILES string of the molecule is Cc1cnc(N2CCCC(C(=O)NCCN)C2)c([N+](=O)[O-])c1. The van der Waals surface area contributed by atoms with Crippen LogP contribution in [0, 0.1) is 23.0 Å². The van der Waals surface area contributed by atoms with Gasteiger partial charge in [0.05, 0.1) is 10.8 Å². The molecule has 1 unspecified atom stereocenters. The van der Waals surface area contributed by atoms with Crippen LogP contribution in [0.2, 0.25) is 0 Å². The molecule has 0 saturated carbocycles. The van der Waals surface area contributed by atoms with E-state index in [0.29, 0.717) is 32.0 Å². The molecule has 0 bridgehead atoms. The molecule has 1 amide bonds. The second kappa shape index (κ2) is 7.17. The first-order chi connectivity index (χ1) is 10.5. The summed E-state index contributed by atoms with van der Waals surface area (Å²) in [7, 11) is 0. The lowest BCUT2D eigenvalue weighted by atomic mass is 9.97. The molecule has 3 N–H and O–H groups in total. The molecule has 120 valence electrons. The predicted molar refractivity (Wildman–Crippen MR) is 82.6 cm³/mol. The van der Waals surface area contributed by atoms with E-state index in [4.69, 9.17) is 5.73 Å². The average Bonchev–Trinajstić information content (AvgIpc) is 2.52.